The molecule has 13 heavy (non-hydrogen) atoms. The van der Waals surface area contributed by atoms with E-state index in [4.69, 9.17) is 4.74 Å². The number of hydrogen-bond acceptors (Lipinski definition) is 2. The van der Waals surface area contributed by atoms with Crippen LogP contribution >= 0.6 is 0 Å². The molecular weight excluding hydrogens is 162 g/mol. The molecule has 0 saturated carbocycles. The molecule has 0 bridgehead atoms. The second-order valence-corrected chi connectivity index (χ2v) is 4.40. The van der Waals surface area contributed by atoms with Gasteiger partial charge in [-0.1, -0.05) is 20.8 Å². The van der Waals surface area contributed by atoms with Crippen molar-refractivity contribution in [2.45, 2.75) is 39.7 Å². The van der Waals surface area contributed by atoms with Crippen molar-refractivity contribution in [3.05, 3.63) is 0 Å². The minimum Gasteiger partial charge on any atom is -0.381 e. The average molecular weight is 185 g/mol. The number of ether oxygens (including phenoxy) is 1. The number of nitrogens with one attached hydrogen (secondary N) is 1. The first-order valence-electron chi connectivity index (χ1n) is 5.55. The van der Waals surface area contributed by atoms with E-state index < -0.39 is 0 Å². The summed E-state index contributed by atoms with van der Waals surface area (Å²) in [4.78, 5) is 0. The molecule has 78 valence electrons. The monoisotopic (exact) mass is 185 g/mol. The predicted molar refractivity (Wildman–Crippen MR) is 55.8 cm³/mol. The smallest absolute Gasteiger partial charge is 0.0507 e. The van der Waals surface area contributed by atoms with Crippen LogP contribution in [0.5, 0.6) is 0 Å². The van der Waals surface area contributed by atoms with Crippen molar-refractivity contribution in [1.29, 1.82) is 0 Å². The molecule has 1 aliphatic heterocycles. The van der Waals surface area contributed by atoms with Gasteiger partial charge in [0.05, 0.1) is 6.61 Å². The fraction of sp³-hybridized carbons (Fsp3) is 1.00. The van der Waals surface area contributed by atoms with Crippen LogP contribution < -0.4 is 5.32 Å². The summed E-state index contributed by atoms with van der Waals surface area (Å²) in [5, 5.41) is 3.63. The third-order valence-corrected chi connectivity index (χ3v) is 2.94. The van der Waals surface area contributed by atoms with Crippen molar-refractivity contribution in [2.24, 2.45) is 11.8 Å². The molecule has 2 unspecified atom stereocenters. The van der Waals surface area contributed by atoms with E-state index in [9.17, 15) is 0 Å². The van der Waals surface area contributed by atoms with Crippen LogP contribution in [0.4, 0.5) is 0 Å². The van der Waals surface area contributed by atoms with Crippen LogP contribution in [-0.2, 0) is 4.74 Å². The summed E-state index contributed by atoms with van der Waals surface area (Å²) < 4.78 is 5.34. The second-order valence-electron chi connectivity index (χ2n) is 4.40. The normalized spacial score (nSPS) is 25.4. The molecule has 0 aliphatic carbocycles. The van der Waals surface area contributed by atoms with E-state index in [-0.39, 0.29) is 0 Å². The largest absolute Gasteiger partial charge is 0.381 e. The molecule has 1 saturated heterocycles. The summed E-state index contributed by atoms with van der Waals surface area (Å²) in [6.07, 6.45) is 2.47. The fourth-order valence-corrected chi connectivity index (χ4v) is 1.91. The summed E-state index contributed by atoms with van der Waals surface area (Å²) >= 11 is 0. The van der Waals surface area contributed by atoms with Crippen molar-refractivity contribution in [3.63, 3.8) is 0 Å². The first-order valence-corrected chi connectivity index (χ1v) is 5.55. The second kappa shape index (κ2) is 5.61. The van der Waals surface area contributed by atoms with Gasteiger partial charge in [-0.3, -0.25) is 0 Å². The minimum absolute atomic E-state index is 0.681. The number of rotatable bonds is 5. The topological polar surface area (TPSA) is 21.3 Å². The van der Waals surface area contributed by atoms with Crippen LogP contribution in [0, 0.1) is 11.8 Å². The fourth-order valence-electron chi connectivity index (χ4n) is 1.91. The first kappa shape index (κ1) is 11.0. The molecule has 0 spiro atoms. The third-order valence-electron chi connectivity index (χ3n) is 2.94. The van der Waals surface area contributed by atoms with Gasteiger partial charge in [0, 0.05) is 19.2 Å². The number of hydrogen-bond donors (Lipinski definition) is 1. The van der Waals surface area contributed by atoms with Gasteiger partial charge in [0.25, 0.3) is 0 Å². The van der Waals surface area contributed by atoms with E-state index in [0.717, 1.165) is 31.6 Å². The first-order chi connectivity index (χ1) is 6.24. The van der Waals surface area contributed by atoms with Gasteiger partial charge >= 0.3 is 0 Å². The molecule has 2 heteroatoms. The van der Waals surface area contributed by atoms with Gasteiger partial charge in [0.15, 0.2) is 0 Å². The van der Waals surface area contributed by atoms with Crippen molar-refractivity contribution >= 4 is 0 Å². The quantitative estimate of drug-likeness (QED) is 0.708. The summed E-state index contributed by atoms with van der Waals surface area (Å²) in [6, 6.07) is 0.681. The highest BCUT2D eigenvalue weighted by Gasteiger charge is 2.17. The molecule has 0 aromatic heterocycles. The highest BCUT2D eigenvalue weighted by molar-refractivity contribution is 4.73. The van der Waals surface area contributed by atoms with Crippen molar-refractivity contribution in [1.82, 2.24) is 5.32 Å². The Hall–Kier alpha value is -0.0800. The molecule has 1 aliphatic rings. The molecule has 2 atom stereocenters. The Labute approximate surface area is 82.0 Å². The average Bonchev–Trinajstić information content (AvgIpc) is 2.57. The standard InChI is InChI=1S/C11H23NO/c1-4-11(9(2)3)12-7-10-5-6-13-8-10/h9-12H,4-8H2,1-3H3. The molecule has 1 rings (SSSR count). The van der Waals surface area contributed by atoms with Gasteiger partial charge in [-0.15, -0.1) is 0 Å². The minimum atomic E-state index is 0.681. The highest BCUT2D eigenvalue weighted by Crippen LogP contribution is 2.12. The van der Waals surface area contributed by atoms with E-state index in [1.165, 1.54) is 12.8 Å². The Kier molecular flexibility index (Phi) is 4.74. The maximum atomic E-state index is 5.34. The predicted octanol–water partition coefficient (Wildman–Crippen LogP) is 2.05. The maximum absolute atomic E-state index is 5.34. The zero-order chi connectivity index (χ0) is 9.68. The van der Waals surface area contributed by atoms with Gasteiger partial charge in [-0.25, -0.2) is 0 Å². The van der Waals surface area contributed by atoms with Crippen LogP contribution in [0.3, 0.4) is 0 Å². The van der Waals surface area contributed by atoms with Crippen LogP contribution in [0.2, 0.25) is 0 Å². The Morgan fingerprint density at radius 2 is 2.23 bits per heavy atom. The summed E-state index contributed by atoms with van der Waals surface area (Å²) in [5.41, 5.74) is 0. The Balaban J connectivity index is 2.15. The molecule has 1 N–H and O–H groups in total. The zero-order valence-electron chi connectivity index (χ0n) is 9.18. The van der Waals surface area contributed by atoms with Gasteiger partial charge in [0.2, 0.25) is 0 Å². The zero-order valence-corrected chi connectivity index (χ0v) is 9.18. The Bertz CT molecular complexity index is 130. The van der Waals surface area contributed by atoms with Gasteiger partial charge in [-0.05, 0) is 24.7 Å². The lowest BCUT2D eigenvalue weighted by Gasteiger charge is -2.22. The molecular formula is C11H23NO. The molecule has 0 amide bonds. The molecule has 0 radical (unpaired) electrons. The summed E-state index contributed by atoms with van der Waals surface area (Å²) in [5.74, 6) is 1.50. The highest BCUT2D eigenvalue weighted by atomic mass is 16.5. The van der Waals surface area contributed by atoms with Gasteiger partial charge in [-0.2, -0.15) is 0 Å². The lowest BCUT2D eigenvalue weighted by atomic mass is 10.0. The van der Waals surface area contributed by atoms with Crippen LogP contribution in [0.1, 0.15) is 33.6 Å². The third kappa shape index (κ3) is 3.65. The van der Waals surface area contributed by atoms with Crippen LogP contribution in [0.25, 0.3) is 0 Å². The van der Waals surface area contributed by atoms with Crippen LogP contribution in [0.15, 0.2) is 0 Å². The SMILES string of the molecule is CCC(NCC1CCOC1)C(C)C. The maximum Gasteiger partial charge on any atom is 0.0507 e. The van der Waals surface area contributed by atoms with Crippen molar-refractivity contribution < 1.29 is 4.74 Å². The van der Waals surface area contributed by atoms with Crippen molar-refractivity contribution in [3.8, 4) is 0 Å². The molecule has 0 aromatic carbocycles. The lowest BCUT2D eigenvalue weighted by molar-refractivity contribution is 0.183. The lowest BCUT2D eigenvalue weighted by Crippen LogP contribution is -2.36. The molecule has 0 aromatic rings. The van der Waals surface area contributed by atoms with Gasteiger partial charge < -0.3 is 10.1 Å². The molecule has 2 nitrogen and oxygen atoms in total. The van der Waals surface area contributed by atoms with E-state index in [2.05, 4.69) is 26.1 Å². The Morgan fingerprint density at radius 1 is 1.46 bits per heavy atom. The van der Waals surface area contributed by atoms with E-state index in [1.807, 2.05) is 0 Å². The Morgan fingerprint density at radius 3 is 2.69 bits per heavy atom. The van der Waals surface area contributed by atoms with Crippen LogP contribution in [-0.4, -0.2) is 25.8 Å². The molecule has 1 fully saturated rings. The van der Waals surface area contributed by atoms with Crippen molar-refractivity contribution in [2.75, 3.05) is 19.8 Å². The van der Waals surface area contributed by atoms with E-state index >= 15 is 0 Å². The van der Waals surface area contributed by atoms with E-state index in [1.54, 1.807) is 0 Å². The summed E-state index contributed by atoms with van der Waals surface area (Å²) in [7, 11) is 0. The van der Waals surface area contributed by atoms with E-state index in [0.29, 0.717) is 6.04 Å². The van der Waals surface area contributed by atoms with Gasteiger partial charge in [0.1, 0.15) is 0 Å². The summed E-state index contributed by atoms with van der Waals surface area (Å²) in [6.45, 7) is 9.88. The molecule has 1 heterocycles.